The second-order valence-corrected chi connectivity index (χ2v) is 10.0. The van der Waals surface area contributed by atoms with Crippen molar-refractivity contribution in [3.8, 4) is 16.3 Å². The summed E-state index contributed by atoms with van der Waals surface area (Å²) in [5, 5.41) is 8.09. The molecule has 184 valence electrons. The lowest BCUT2D eigenvalue weighted by Gasteiger charge is -2.20. The highest BCUT2D eigenvalue weighted by Gasteiger charge is 2.21. The summed E-state index contributed by atoms with van der Waals surface area (Å²) >= 11 is 1.43. The first-order valence-electron chi connectivity index (χ1n) is 11.9. The van der Waals surface area contributed by atoms with E-state index in [1.807, 2.05) is 18.3 Å². The smallest absolute Gasteiger partial charge is 0.261 e. The molecule has 1 unspecified atom stereocenters. The molecule has 1 aliphatic heterocycles. The van der Waals surface area contributed by atoms with Gasteiger partial charge in [-0.2, -0.15) is 5.10 Å². The molecular formula is C25H25N7O3S. The normalized spacial score (nSPS) is 16.3. The molecule has 1 fully saturated rings. The molecule has 11 heteroatoms. The van der Waals surface area contributed by atoms with Gasteiger partial charge in [-0.05, 0) is 44.5 Å². The molecule has 1 aliphatic rings. The number of H-pyrrole nitrogens is 1. The maximum atomic E-state index is 13.1. The highest BCUT2D eigenvalue weighted by atomic mass is 32.1. The minimum absolute atomic E-state index is 0.210. The van der Waals surface area contributed by atoms with Crippen LogP contribution in [0.15, 0.2) is 41.6 Å². The summed E-state index contributed by atoms with van der Waals surface area (Å²) in [7, 11) is 1.57. The molecule has 0 aliphatic carbocycles. The molecular weight excluding hydrogens is 478 g/mol. The van der Waals surface area contributed by atoms with E-state index in [-0.39, 0.29) is 11.5 Å². The van der Waals surface area contributed by atoms with Crippen LogP contribution < -0.4 is 15.6 Å². The quantitative estimate of drug-likeness (QED) is 0.366. The Morgan fingerprint density at radius 3 is 3.03 bits per heavy atom. The maximum absolute atomic E-state index is 13.1. The highest BCUT2D eigenvalue weighted by molar-refractivity contribution is 7.21. The Bertz CT molecular complexity index is 1670. The molecule has 6 heterocycles. The first-order valence-corrected chi connectivity index (χ1v) is 12.7. The first-order chi connectivity index (χ1) is 17.5. The lowest BCUT2D eigenvalue weighted by Crippen LogP contribution is -2.36. The van der Waals surface area contributed by atoms with Crippen LogP contribution in [0.4, 0.5) is 0 Å². The number of carbonyl (C=O) groups excluding carboxylic acids is 1. The van der Waals surface area contributed by atoms with Gasteiger partial charge in [0.25, 0.3) is 11.5 Å². The van der Waals surface area contributed by atoms with Gasteiger partial charge in [0.1, 0.15) is 21.3 Å². The molecule has 0 saturated carbocycles. The fourth-order valence-corrected chi connectivity index (χ4v) is 5.98. The molecule has 5 aromatic heterocycles. The number of likely N-dealkylation sites (tertiary alicyclic amines) is 1. The second kappa shape index (κ2) is 8.99. The summed E-state index contributed by atoms with van der Waals surface area (Å²) in [5.41, 5.74) is 2.48. The lowest BCUT2D eigenvalue weighted by molar-refractivity contribution is 0.0947. The zero-order valence-corrected chi connectivity index (χ0v) is 20.8. The van der Waals surface area contributed by atoms with Crippen LogP contribution in [-0.4, -0.2) is 68.2 Å². The van der Waals surface area contributed by atoms with E-state index in [2.05, 4.69) is 37.2 Å². The molecule has 0 bridgehead atoms. The number of aromatic nitrogens is 5. The van der Waals surface area contributed by atoms with E-state index < -0.39 is 0 Å². The predicted octanol–water partition coefficient (Wildman–Crippen LogP) is 3.07. The molecule has 5 aromatic rings. The number of thiazole rings is 1. The van der Waals surface area contributed by atoms with Crippen LogP contribution in [0, 0.1) is 0 Å². The summed E-state index contributed by atoms with van der Waals surface area (Å²) in [6.07, 6.45) is 7.47. The Morgan fingerprint density at radius 1 is 1.33 bits per heavy atom. The Balaban J connectivity index is 1.31. The Kier molecular flexibility index (Phi) is 5.65. The minimum atomic E-state index is -0.276. The van der Waals surface area contributed by atoms with Crippen LogP contribution in [0.3, 0.4) is 0 Å². The molecule has 1 saturated heterocycles. The van der Waals surface area contributed by atoms with Crippen molar-refractivity contribution in [3.05, 3.63) is 52.7 Å². The average molecular weight is 504 g/mol. The third-order valence-corrected chi connectivity index (χ3v) is 7.90. The standard InChI is InChI=1S/C25H25N7O3S/c1-14-5-4-9-31(14)10-8-26-22(33)15-11-17-20(28-12-15)21-19(23(34)29-17)25-32(30-21)13-18(36-25)16-6-3-7-27-24(16)35-2/h3,6-7,11-14H,4-5,8-10H2,1-2H3,(H,26,33)(H,29,34). The van der Waals surface area contributed by atoms with Gasteiger partial charge in [-0.1, -0.05) is 0 Å². The monoisotopic (exact) mass is 503 g/mol. The van der Waals surface area contributed by atoms with E-state index >= 15 is 0 Å². The van der Waals surface area contributed by atoms with Crippen LogP contribution >= 0.6 is 11.3 Å². The molecule has 2 N–H and O–H groups in total. The summed E-state index contributed by atoms with van der Waals surface area (Å²) in [6, 6.07) is 5.97. The van der Waals surface area contributed by atoms with E-state index in [0.29, 0.717) is 50.8 Å². The molecule has 0 aromatic carbocycles. The van der Waals surface area contributed by atoms with Gasteiger partial charge in [-0.3, -0.25) is 19.5 Å². The highest BCUT2D eigenvalue weighted by Crippen LogP contribution is 2.36. The van der Waals surface area contributed by atoms with E-state index in [1.54, 1.807) is 23.9 Å². The molecule has 10 nitrogen and oxygen atoms in total. The number of pyridine rings is 3. The summed E-state index contributed by atoms with van der Waals surface area (Å²) < 4.78 is 7.07. The SMILES string of the molecule is COc1ncccc1-c1cn2nc3c4ncc(C(=O)NCCN5CCCC5C)cc4[nH]c(=O)c3c2s1. The number of nitrogens with zero attached hydrogens (tertiary/aromatic N) is 5. The minimum Gasteiger partial charge on any atom is -0.481 e. The molecule has 0 radical (unpaired) electrons. The first kappa shape index (κ1) is 22.6. The summed E-state index contributed by atoms with van der Waals surface area (Å²) in [4.78, 5) is 41.4. The zero-order chi connectivity index (χ0) is 24.8. The summed E-state index contributed by atoms with van der Waals surface area (Å²) in [5.74, 6) is 0.297. The van der Waals surface area contributed by atoms with E-state index in [1.165, 1.54) is 30.4 Å². The van der Waals surface area contributed by atoms with E-state index in [0.717, 1.165) is 23.5 Å². The van der Waals surface area contributed by atoms with Crippen molar-refractivity contribution in [2.45, 2.75) is 25.8 Å². The number of nitrogens with one attached hydrogen (secondary N) is 2. The molecule has 1 amide bonds. The number of methoxy groups -OCH3 is 1. The number of ether oxygens (including phenoxy) is 1. The fourth-order valence-electron chi connectivity index (χ4n) is 4.88. The molecule has 6 rings (SSSR count). The van der Waals surface area contributed by atoms with Crippen LogP contribution in [-0.2, 0) is 0 Å². The second-order valence-electron chi connectivity index (χ2n) is 8.99. The van der Waals surface area contributed by atoms with Gasteiger partial charge in [-0.15, -0.1) is 11.3 Å². The van der Waals surface area contributed by atoms with Crippen LogP contribution in [0.2, 0.25) is 0 Å². The predicted molar refractivity (Wildman–Crippen MR) is 139 cm³/mol. The lowest BCUT2D eigenvalue weighted by atomic mass is 10.2. The van der Waals surface area contributed by atoms with Crippen LogP contribution in [0.1, 0.15) is 30.1 Å². The average Bonchev–Trinajstić information content (AvgIpc) is 3.58. The van der Waals surface area contributed by atoms with Crippen molar-refractivity contribution in [1.29, 1.82) is 0 Å². The number of amides is 1. The Labute approximate surface area is 209 Å². The third kappa shape index (κ3) is 3.80. The van der Waals surface area contributed by atoms with Crippen molar-refractivity contribution < 1.29 is 9.53 Å². The number of rotatable bonds is 6. The Hall–Kier alpha value is -3.83. The van der Waals surface area contributed by atoms with Crippen LogP contribution in [0.5, 0.6) is 5.88 Å². The fraction of sp³-hybridized carbons (Fsp3) is 0.320. The zero-order valence-electron chi connectivity index (χ0n) is 19.9. The van der Waals surface area contributed by atoms with Crippen molar-refractivity contribution >= 4 is 44.0 Å². The van der Waals surface area contributed by atoms with Gasteiger partial charge in [0.15, 0.2) is 0 Å². The van der Waals surface area contributed by atoms with E-state index in [4.69, 9.17) is 4.74 Å². The number of aromatic amines is 1. The number of fused-ring (bicyclic) bond motifs is 5. The Morgan fingerprint density at radius 2 is 2.22 bits per heavy atom. The largest absolute Gasteiger partial charge is 0.481 e. The topological polar surface area (TPSA) is 118 Å². The van der Waals surface area contributed by atoms with Crippen molar-refractivity contribution in [3.63, 3.8) is 0 Å². The summed E-state index contributed by atoms with van der Waals surface area (Å²) in [6.45, 7) is 4.68. The number of carbonyl (C=O) groups is 1. The van der Waals surface area contributed by atoms with Crippen LogP contribution in [0.25, 0.3) is 37.2 Å². The van der Waals surface area contributed by atoms with Gasteiger partial charge in [0.2, 0.25) is 5.88 Å². The van der Waals surface area contributed by atoms with Gasteiger partial charge in [0.05, 0.1) is 28.6 Å². The number of hydrogen-bond donors (Lipinski definition) is 2. The third-order valence-electron chi connectivity index (χ3n) is 6.77. The molecule has 36 heavy (non-hydrogen) atoms. The van der Waals surface area contributed by atoms with Crippen molar-refractivity contribution in [2.75, 3.05) is 26.7 Å². The van der Waals surface area contributed by atoms with E-state index in [9.17, 15) is 9.59 Å². The van der Waals surface area contributed by atoms with Gasteiger partial charge in [0, 0.05) is 37.7 Å². The maximum Gasteiger partial charge on any atom is 0.261 e. The van der Waals surface area contributed by atoms with Crippen molar-refractivity contribution in [2.24, 2.45) is 0 Å². The van der Waals surface area contributed by atoms with Gasteiger partial charge < -0.3 is 15.0 Å². The number of hydrogen-bond acceptors (Lipinski definition) is 8. The molecule has 0 spiro atoms. The van der Waals surface area contributed by atoms with Gasteiger partial charge >= 0.3 is 0 Å². The van der Waals surface area contributed by atoms with Crippen molar-refractivity contribution in [1.82, 2.24) is 34.8 Å². The molecule has 1 atom stereocenters. The van der Waals surface area contributed by atoms with Gasteiger partial charge in [-0.25, -0.2) is 9.50 Å².